The molecule has 0 saturated carbocycles. The van der Waals surface area contributed by atoms with Crippen molar-refractivity contribution < 1.29 is 9.18 Å². The van der Waals surface area contributed by atoms with E-state index in [1.54, 1.807) is 4.90 Å². The van der Waals surface area contributed by atoms with Gasteiger partial charge in [0.25, 0.3) is 0 Å². The normalized spacial score (nSPS) is 20.4. The summed E-state index contributed by atoms with van der Waals surface area (Å²) in [6.45, 7) is 1.04. The minimum Gasteiger partial charge on any atom is -0.341 e. The number of likely N-dealkylation sites (tertiary alicyclic amines) is 1. The topological polar surface area (TPSA) is 20.3 Å². The van der Waals surface area contributed by atoms with E-state index in [-0.39, 0.29) is 11.8 Å². The Morgan fingerprint density at radius 3 is 2.55 bits per heavy atom. The van der Waals surface area contributed by atoms with Gasteiger partial charge in [-0.25, -0.2) is 4.39 Å². The molecule has 1 saturated heterocycles. The average Bonchev–Trinajstić information content (AvgIpc) is 2.05. The first kappa shape index (κ1) is 8.78. The Labute approximate surface area is 70.3 Å². The van der Waals surface area contributed by atoms with Gasteiger partial charge in [-0.1, -0.05) is 0 Å². The fraction of sp³-hybridized carbons (Fsp3) is 0.857. The number of amides is 1. The fourth-order valence-corrected chi connectivity index (χ4v) is 1.35. The van der Waals surface area contributed by atoms with Gasteiger partial charge in [0, 0.05) is 13.1 Å². The van der Waals surface area contributed by atoms with Crippen LogP contribution in [0.3, 0.4) is 0 Å². The Bertz CT molecular complexity index is 145. The molecule has 1 heterocycles. The van der Waals surface area contributed by atoms with Gasteiger partial charge in [0.05, 0.1) is 0 Å². The Hall–Kier alpha value is -0.310. The third-order valence-electron chi connectivity index (χ3n) is 1.89. The lowest BCUT2D eigenvalue weighted by Crippen LogP contribution is -2.39. The van der Waals surface area contributed by atoms with E-state index in [0.29, 0.717) is 25.9 Å². The Kier molecular flexibility index (Phi) is 3.12. The molecular formula is C7H11ClFNO. The van der Waals surface area contributed by atoms with Crippen LogP contribution in [0.15, 0.2) is 0 Å². The van der Waals surface area contributed by atoms with Crippen molar-refractivity contribution >= 4 is 17.5 Å². The van der Waals surface area contributed by atoms with Gasteiger partial charge in [0.15, 0.2) is 0 Å². The van der Waals surface area contributed by atoms with Gasteiger partial charge >= 0.3 is 0 Å². The summed E-state index contributed by atoms with van der Waals surface area (Å²) >= 11 is 5.34. The highest BCUT2D eigenvalue weighted by Gasteiger charge is 2.21. The number of hydrogen-bond donors (Lipinski definition) is 0. The first-order chi connectivity index (χ1) is 5.24. The molecule has 0 aliphatic carbocycles. The molecule has 0 bridgehead atoms. The number of hydrogen-bond acceptors (Lipinski definition) is 1. The standard InChI is InChI=1S/C7H11ClFNO/c8-5-7(11)10-3-1-6(9)2-4-10/h6H,1-5H2. The molecule has 0 unspecified atom stereocenters. The number of carbonyl (C=O) groups excluding carboxylic acids is 1. The Balaban J connectivity index is 2.33. The molecule has 0 radical (unpaired) electrons. The van der Waals surface area contributed by atoms with Crippen molar-refractivity contribution in [3.63, 3.8) is 0 Å². The number of piperidine rings is 1. The number of halogens is 2. The molecule has 1 amide bonds. The van der Waals surface area contributed by atoms with Gasteiger partial charge in [-0.15, -0.1) is 11.6 Å². The third kappa shape index (κ3) is 2.33. The second-order valence-corrected chi connectivity index (χ2v) is 2.96. The van der Waals surface area contributed by atoms with Crippen molar-refractivity contribution in [3.8, 4) is 0 Å². The molecule has 64 valence electrons. The van der Waals surface area contributed by atoms with E-state index < -0.39 is 6.17 Å². The van der Waals surface area contributed by atoms with Crippen LogP contribution < -0.4 is 0 Å². The van der Waals surface area contributed by atoms with Crippen molar-refractivity contribution in [2.45, 2.75) is 19.0 Å². The highest BCUT2D eigenvalue weighted by atomic mass is 35.5. The summed E-state index contributed by atoms with van der Waals surface area (Å²) in [5, 5.41) is 0. The van der Waals surface area contributed by atoms with Gasteiger partial charge in [-0.2, -0.15) is 0 Å². The maximum atomic E-state index is 12.6. The van der Waals surface area contributed by atoms with Gasteiger partial charge in [0.2, 0.25) is 5.91 Å². The summed E-state index contributed by atoms with van der Waals surface area (Å²) < 4.78 is 12.6. The molecule has 0 aromatic rings. The van der Waals surface area contributed by atoms with Crippen molar-refractivity contribution in [1.29, 1.82) is 0 Å². The average molecular weight is 180 g/mol. The second-order valence-electron chi connectivity index (χ2n) is 2.69. The van der Waals surface area contributed by atoms with Crippen LogP contribution in [0, 0.1) is 0 Å². The van der Waals surface area contributed by atoms with Crippen LogP contribution in [-0.2, 0) is 4.79 Å². The van der Waals surface area contributed by atoms with E-state index in [1.807, 2.05) is 0 Å². The van der Waals surface area contributed by atoms with Crippen LogP contribution in [0.2, 0.25) is 0 Å². The summed E-state index contributed by atoms with van der Waals surface area (Å²) in [5.41, 5.74) is 0. The highest BCUT2D eigenvalue weighted by Crippen LogP contribution is 2.13. The smallest absolute Gasteiger partial charge is 0.237 e. The monoisotopic (exact) mass is 179 g/mol. The maximum absolute atomic E-state index is 12.6. The van der Waals surface area contributed by atoms with Gasteiger partial charge in [-0.3, -0.25) is 4.79 Å². The van der Waals surface area contributed by atoms with Crippen LogP contribution in [0.1, 0.15) is 12.8 Å². The zero-order valence-electron chi connectivity index (χ0n) is 6.22. The predicted molar refractivity (Wildman–Crippen MR) is 41.4 cm³/mol. The Morgan fingerprint density at radius 2 is 2.09 bits per heavy atom. The molecule has 11 heavy (non-hydrogen) atoms. The van der Waals surface area contributed by atoms with Crippen LogP contribution >= 0.6 is 11.6 Å². The molecule has 1 rings (SSSR count). The second kappa shape index (κ2) is 3.90. The van der Waals surface area contributed by atoms with Crippen molar-refractivity contribution in [2.75, 3.05) is 19.0 Å². The Morgan fingerprint density at radius 1 is 1.55 bits per heavy atom. The van der Waals surface area contributed by atoms with E-state index in [1.165, 1.54) is 0 Å². The van der Waals surface area contributed by atoms with Gasteiger partial charge in [-0.05, 0) is 12.8 Å². The lowest BCUT2D eigenvalue weighted by molar-refractivity contribution is -0.129. The summed E-state index contributed by atoms with van der Waals surface area (Å²) in [6, 6.07) is 0. The zero-order chi connectivity index (χ0) is 8.27. The van der Waals surface area contributed by atoms with E-state index in [2.05, 4.69) is 0 Å². The van der Waals surface area contributed by atoms with Crippen LogP contribution in [-0.4, -0.2) is 35.9 Å². The third-order valence-corrected chi connectivity index (χ3v) is 2.12. The minimum absolute atomic E-state index is 0.0109. The predicted octanol–water partition coefficient (Wildman–Crippen LogP) is 1.19. The number of carbonyl (C=O) groups is 1. The van der Waals surface area contributed by atoms with Gasteiger partial charge in [0.1, 0.15) is 12.1 Å². The molecule has 2 nitrogen and oxygen atoms in total. The highest BCUT2D eigenvalue weighted by molar-refractivity contribution is 6.27. The quantitative estimate of drug-likeness (QED) is 0.554. The van der Waals surface area contributed by atoms with Crippen LogP contribution in [0.5, 0.6) is 0 Å². The molecule has 0 aromatic heterocycles. The zero-order valence-corrected chi connectivity index (χ0v) is 6.98. The van der Waals surface area contributed by atoms with Crippen molar-refractivity contribution in [2.24, 2.45) is 0 Å². The molecule has 4 heteroatoms. The SMILES string of the molecule is O=C(CCl)N1CCC(F)CC1. The molecule has 1 fully saturated rings. The largest absolute Gasteiger partial charge is 0.341 e. The molecule has 0 spiro atoms. The van der Waals surface area contributed by atoms with Crippen molar-refractivity contribution in [3.05, 3.63) is 0 Å². The van der Waals surface area contributed by atoms with E-state index in [4.69, 9.17) is 11.6 Å². The first-order valence-corrected chi connectivity index (χ1v) is 4.25. The number of alkyl halides is 2. The number of rotatable bonds is 1. The van der Waals surface area contributed by atoms with E-state index in [0.717, 1.165) is 0 Å². The summed E-state index contributed by atoms with van der Waals surface area (Å²) in [4.78, 5) is 12.6. The first-order valence-electron chi connectivity index (χ1n) is 3.72. The summed E-state index contributed by atoms with van der Waals surface area (Å²) in [7, 11) is 0. The molecule has 0 aromatic carbocycles. The lowest BCUT2D eigenvalue weighted by atomic mass is 10.1. The summed E-state index contributed by atoms with van der Waals surface area (Å²) in [6.07, 6.45) is 0.194. The van der Waals surface area contributed by atoms with E-state index in [9.17, 15) is 9.18 Å². The maximum Gasteiger partial charge on any atom is 0.237 e. The van der Waals surface area contributed by atoms with Crippen LogP contribution in [0.25, 0.3) is 0 Å². The van der Waals surface area contributed by atoms with E-state index >= 15 is 0 Å². The summed E-state index contributed by atoms with van der Waals surface area (Å²) in [5.74, 6) is -0.0738. The van der Waals surface area contributed by atoms with Crippen LogP contribution in [0.4, 0.5) is 4.39 Å². The van der Waals surface area contributed by atoms with Crippen molar-refractivity contribution in [1.82, 2.24) is 4.90 Å². The lowest BCUT2D eigenvalue weighted by Gasteiger charge is -2.27. The molecule has 0 N–H and O–H groups in total. The fourth-order valence-electron chi connectivity index (χ4n) is 1.18. The molecule has 1 aliphatic heterocycles. The number of nitrogens with zero attached hydrogens (tertiary/aromatic N) is 1. The molecular weight excluding hydrogens is 169 g/mol. The molecule has 1 aliphatic rings. The molecule has 0 atom stereocenters. The minimum atomic E-state index is -0.727. The van der Waals surface area contributed by atoms with Gasteiger partial charge < -0.3 is 4.90 Å².